The molecule has 0 aliphatic carbocycles. The molecule has 0 spiro atoms. The molecule has 0 aliphatic rings. The zero-order valence-corrected chi connectivity index (χ0v) is 11.2. The minimum Gasteiger partial charge on any atom is -0.330 e. The second-order valence-electron chi connectivity index (χ2n) is 4.03. The Bertz CT molecular complexity index is 698. The number of aromatic nitrogens is 2. The van der Waals surface area contributed by atoms with Gasteiger partial charge in [-0.25, -0.2) is 13.4 Å². The summed E-state index contributed by atoms with van der Waals surface area (Å²) in [6.45, 7) is 0.320. The van der Waals surface area contributed by atoms with Crippen molar-refractivity contribution < 1.29 is 17.2 Å². The number of hydrogen-bond donors (Lipinski definition) is 1. The number of para-hydroxylation sites is 1. The van der Waals surface area contributed by atoms with Gasteiger partial charge in [-0.1, -0.05) is 12.1 Å². The molecule has 0 saturated carbocycles. The molecule has 0 radical (unpaired) electrons. The van der Waals surface area contributed by atoms with Crippen LogP contribution in [0.4, 0.5) is 8.78 Å². The van der Waals surface area contributed by atoms with Crippen molar-refractivity contribution >= 4 is 9.84 Å². The number of nitrogens with two attached hydrogens (primary N) is 1. The highest BCUT2D eigenvalue weighted by Gasteiger charge is 2.29. The molecule has 0 saturated heterocycles. The van der Waals surface area contributed by atoms with Gasteiger partial charge in [0, 0.05) is 18.8 Å². The van der Waals surface area contributed by atoms with E-state index in [2.05, 4.69) is 4.98 Å². The second kappa shape index (κ2) is 5.68. The number of halogens is 2. The van der Waals surface area contributed by atoms with E-state index in [1.807, 2.05) is 0 Å². The largest absolute Gasteiger partial charge is 0.341 e. The predicted octanol–water partition coefficient (Wildman–Crippen LogP) is 1.37. The molecular weight excluding hydrogens is 288 g/mol. The zero-order valence-electron chi connectivity index (χ0n) is 10.4. The fourth-order valence-corrected chi connectivity index (χ4v) is 2.78. The monoisotopic (exact) mass is 301 g/mol. The summed E-state index contributed by atoms with van der Waals surface area (Å²) < 4.78 is 50.3. The fourth-order valence-electron chi connectivity index (χ4n) is 1.86. The molecule has 108 valence electrons. The van der Waals surface area contributed by atoms with Gasteiger partial charge in [0.15, 0.2) is 0 Å². The molecule has 20 heavy (non-hydrogen) atoms. The van der Waals surface area contributed by atoms with Crippen LogP contribution < -0.4 is 5.73 Å². The van der Waals surface area contributed by atoms with Crippen LogP contribution in [-0.4, -0.2) is 30.3 Å². The maximum atomic E-state index is 12.7. The molecule has 1 heterocycles. The number of sulfone groups is 1. The molecule has 5 nitrogen and oxygen atoms in total. The summed E-state index contributed by atoms with van der Waals surface area (Å²) in [5.74, 6) is -2.95. The Balaban J connectivity index is 2.62. The van der Waals surface area contributed by atoms with Crippen molar-refractivity contribution in [2.24, 2.45) is 5.73 Å². The molecule has 1 aromatic heterocycles. The summed E-state index contributed by atoms with van der Waals surface area (Å²) in [6, 6.07) is 5.59. The molecule has 0 bridgehead atoms. The SMILES string of the molecule is NCCc1nccn1-c1ccccc1S(=O)(=O)C(F)F. The van der Waals surface area contributed by atoms with Gasteiger partial charge in [0.25, 0.3) is 0 Å². The van der Waals surface area contributed by atoms with E-state index in [1.165, 1.54) is 29.1 Å². The molecule has 0 unspecified atom stereocenters. The van der Waals surface area contributed by atoms with Crippen LogP contribution in [0.15, 0.2) is 41.6 Å². The smallest absolute Gasteiger partial charge is 0.330 e. The lowest BCUT2D eigenvalue weighted by atomic mass is 10.3. The van der Waals surface area contributed by atoms with Gasteiger partial charge >= 0.3 is 5.76 Å². The molecule has 2 aromatic rings. The number of benzene rings is 1. The highest BCUT2D eigenvalue weighted by atomic mass is 32.2. The Morgan fingerprint density at radius 2 is 2.00 bits per heavy atom. The summed E-state index contributed by atoms with van der Waals surface area (Å²) in [7, 11) is -4.68. The van der Waals surface area contributed by atoms with Gasteiger partial charge in [0.2, 0.25) is 9.84 Å². The summed E-state index contributed by atoms with van der Waals surface area (Å²) in [5.41, 5.74) is 5.59. The number of imidazole rings is 1. The van der Waals surface area contributed by atoms with Crippen molar-refractivity contribution in [2.45, 2.75) is 17.1 Å². The molecule has 2 N–H and O–H groups in total. The third kappa shape index (κ3) is 2.56. The van der Waals surface area contributed by atoms with Crippen LogP contribution in [-0.2, 0) is 16.3 Å². The third-order valence-electron chi connectivity index (χ3n) is 2.75. The van der Waals surface area contributed by atoms with E-state index in [4.69, 9.17) is 5.73 Å². The van der Waals surface area contributed by atoms with Gasteiger partial charge in [0.05, 0.1) is 10.6 Å². The van der Waals surface area contributed by atoms with E-state index in [-0.39, 0.29) is 5.69 Å². The van der Waals surface area contributed by atoms with Crippen LogP contribution in [0, 0.1) is 0 Å². The standard InChI is InChI=1S/C12H13F2N3O2S/c13-12(14)20(18,19)10-4-2-1-3-9(10)17-8-7-16-11(17)5-6-15/h1-4,7-8,12H,5-6,15H2. The third-order valence-corrected chi connectivity index (χ3v) is 4.18. The quantitative estimate of drug-likeness (QED) is 0.904. The van der Waals surface area contributed by atoms with E-state index in [9.17, 15) is 17.2 Å². The first-order valence-corrected chi connectivity index (χ1v) is 7.37. The van der Waals surface area contributed by atoms with E-state index in [1.54, 1.807) is 6.07 Å². The Morgan fingerprint density at radius 3 is 2.65 bits per heavy atom. The first kappa shape index (κ1) is 14.6. The van der Waals surface area contributed by atoms with Gasteiger partial charge in [-0.05, 0) is 18.7 Å². The average Bonchev–Trinajstić information content (AvgIpc) is 2.87. The maximum Gasteiger partial charge on any atom is 0.341 e. The van der Waals surface area contributed by atoms with Crippen molar-refractivity contribution in [3.05, 3.63) is 42.5 Å². The molecular formula is C12H13F2N3O2S. The number of alkyl halides is 2. The minimum atomic E-state index is -4.68. The van der Waals surface area contributed by atoms with Crippen molar-refractivity contribution in [1.29, 1.82) is 0 Å². The fraction of sp³-hybridized carbons (Fsp3) is 0.250. The Morgan fingerprint density at radius 1 is 1.30 bits per heavy atom. The summed E-state index contributed by atoms with van der Waals surface area (Å²) in [5, 5.41) is 0. The van der Waals surface area contributed by atoms with E-state index < -0.39 is 20.5 Å². The molecule has 0 amide bonds. The van der Waals surface area contributed by atoms with E-state index >= 15 is 0 Å². The lowest BCUT2D eigenvalue weighted by molar-refractivity contribution is 0.234. The average molecular weight is 301 g/mol. The van der Waals surface area contributed by atoms with Crippen LogP contribution in [0.25, 0.3) is 5.69 Å². The number of nitrogens with zero attached hydrogens (tertiary/aromatic N) is 2. The van der Waals surface area contributed by atoms with E-state index in [0.717, 1.165) is 6.07 Å². The highest BCUT2D eigenvalue weighted by molar-refractivity contribution is 7.91. The Hall–Kier alpha value is -1.80. The van der Waals surface area contributed by atoms with Crippen molar-refractivity contribution in [2.75, 3.05) is 6.54 Å². The number of hydrogen-bond acceptors (Lipinski definition) is 4. The summed E-state index contributed by atoms with van der Waals surface area (Å²) in [6.07, 6.45) is 3.40. The second-order valence-corrected chi connectivity index (χ2v) is 5.91. The lowest BCUT2D eigenvalue weighted by Crippen LogP contribution is -2.16. The van der Waals surface area contributed by atoms with Gasteiger partial charge in [-0.15, -0.1) is 0 Å². The van der Waals surface area contributed by atoms with Crippen LogP contribution in [0.5, 0.6) is 0 Å². The van der Waals surface area contributed by atoms with E-state index in [0.29, 0.717) is 18.8 Å². The Kier molecular flexibility index (Phi) is 4.15. The summed E-state index contributed by atoms with van der Waals surface area (Å²) in [4.78, 5) is 3.63. The van der Waals surface area contributed by atoms with Gasteiger partial charge in [0.1, 0.15) is 5.82 Å². The first-order chi connectivity index (χ1) is 9.48. The number of rotatable bonds is 5. The van der Waals surface area contributed by atoms with Gasteiger partial charge in [-0.3, -0.25) is 0 Å². The molecule has 1 aromatic carbocycles. The van der Waals surface area contributed by atoms with Crippen molar-refractivity contribution in [3.8, 4) is 5.69 Å². The Labute approximate surface area is 115 Å². The zero-order chi connectivity index (χ0) is 14.8. The molecule has 0 atom stereocenters. The normalized spacial score (nSPS) is 12.0. The van der Waals surface area contributed by atoms with Crippen LogP contribution in [0.2, 0.25) is 0 Å². The highest BCUT2D eigenvalue weighted by Crippen LogP contribution is 2.25. The molecule has 2 rings (SSSR count). The van der Waals surface area contributed by atoms with Gasteiger partial charge in [-0.2, -0.15) is 8.78 Å². The first-order valence-electron chi connectivity index (χ1n) is 5.82. The van der Waals surface area contributed by atoms with Crippen LogP contribution in [0.3, 0.4) is 0 Å². The van der Waals surface area contributed by atoms with Crippen LogP contribution in [0.1, 0.15) is 5.82 Å². The van der Waals surface area contributed by atoms with Gasteiger partial charge < -0.3 is 10.3 Å². The lowest BCUT2D eigenvalue weighted by Gasteiger charge is -2.12. The minimum absolute atomic E-state index is 0.147. The molecule has 0 aliphatic heterocycles. The molecule has 0 fully saturated rings. The summed E-state index contributed by atoms with van der Waals surface area (Å²) >= 11 is 0. The maximum absolute atomic E-state index is 12.7. The topological polar surface area (TPSA) is 78.0 Å². The van der Waals surface area contributed by atoms with Crippen LogP contribution >= 0.6 is 0 Å². The molecule has 8 heteroatoms. The van der Waals surface area contributed by atoms with Crippen molar-refractivity contribution in [3.63, 3.8) is 0 Å². The predicted molar refractivity (Wildman–Crippen MR) is 69.5 cm³/mol. The van der Waals surface area contributed by atoms with Crippen molar-refractivity contribution in [1.82, 2.24) is 9.55 Å².